The smallest absolute Gasteiger partial charge is 0.331 e. The zero-order valence-corrected chi connectivity index (χ0v) is 20.3. The Bertz CT molecular complexity index is 1260. The quantitative estimate of drug-likeness (QED) is 0.234. The minimum atomic E-state index is -3.12. The van der Waals surface area contributed by atoms with Crippen LogP contribution in [0.25, 0.3) is 6.08 Å². The molecular weight excluding hydrogens is 544 g/mol. The lowest BCUT2D eigenvalue weighted by molar-refractivity contribution is -0.384. The first-order valence-electron chi connectivity index (χ1n) is 9.50. The lowest BCUT2D eigenvalue weighted by Gasteiger charge is -2.09. The summed E-state index contributed by atoms with van der Waals surface area (Å²) < 4.78 is 30.1. The molecule has 176 valence electrons. The summed E-state index contributed by atoms with van der Waals surface area (Å²) in [7, 11) is -3.12. The number of esters is 1. The van der Waals surface area contributed by atoms with Crippen LogP contribution >= 0.6 is 27.5 Å². The third kappa shape index (κ3) is 6.18. The van der Waals surface area contributed by atoms with E-state index < -0.39 is 33.2 Å². The van der Waals surface area contributed by atoms with Gasteiger partial charge in [0.25, 0.3) is 11.6 Å². The number of carbonyl (C=O) groups is 2. The number of benzene rings is 1. The molecule has 1 N–H and O–H groups in total. The second kappa shape index (κ2) is 10.0. The first kappa shape index (κ1) is 24.9. The van der Waals surface area contributed by atoms with Crippen molar-refractivity contribution in [3.8, 4) is 0 Å². The van der Waals surface area contributed by atoms with Crippen molar-refractivity contribution in [1.29, 1.82) is 0 Å². The van der Waals surface area contributed by atoms with Gasteiger partial charge in [-0.05, 0) is 41.4 Å². The second-order valence-electron chi connectivity index (χ2n) is 7.20. The molecule has 2 heterocycles. The molecule has 1 amide bonds. The Balaban J connectivity index is 1.57. The Morgan fingerprint density at radius 1 is 1.45 bits per heavy atom. The topological polar surface area (TPSA) is 151 Å². The van der Waals surface area contributed by atoms with Crippen molar-refractivity contribution < 1.29 is 27.7 Å². The van der Waals surface area contributed by atoms with Gasteiger partial charge >= 0.3 is 5.97 Å². The third-order valence-electron chi connectivity index (χ3n) is 4.79. The van der Waals surface area contributed by atoms with Gasteiger partial charge in [0, 0.05) is 28.2 Å². The average molecular weight is 562 g/mol. The van der Waals surface area contributed by atoms with Crippen molar-refractivity contribution in [3.63, 3.8) is 0 Å². The number of nitrogens with one attached hydrogen (secondary N) is 1. The Hall–Kier alpha value is -2.77. The monoisotopic (exact) mass is 560 g/mol. The Morgan fingerprint density at radius 3 is 2.79 bits per heavy atom. The summed E-state index contributed by atoms with van der Waals surface area (Å²) in [5.41, 5.74) is 1.08. The summed E-state index contributed by atoms with van der Waals surface area (Å²) in [5.74, 6) is -1.42. The highest BCUT2D eigenvalue weighted by Crippen LogP contribution is 2.30. The van der Waals surface area contributed by atoms with Crippen molar-refractivity contribution in [1.82, 2.24) is 9.78 Å². The van der Waals surface area contributed by atoms with E-state index >= 15 is 0 Å². The number of hydrogen-bond donors (Lipinski definition) is 1. The number of carbonyl (C=O) groups excluding carboxylic acids is 2. The highest BCUT2D eigenvalue weighted by molar-refractivity contribution is 9.10. The summed E-state index contributed by atoms with van der Waals surface area (Å²) in [6.07, 6.45) is 2.88. The Kier molecular flexibility index (Phi) is 7.55. The van der Waals surface area contributed by atoms with Crippen molar-refractivity contribution in [2.45, 2.75) is 19.4 Å². The summed E-state index contributed by atoms with van der Waals surface area (Å²) in [4.78, 5) is 34.2. The first-order valence-corrected chi connectivity index (χ1v) is 12.5. The van der Waals surface area contributed by atoms with Gasteiger partial charge in [0.1, 0.15) is 5.15 Å². The molecule has 0 spiro atoms. The van der Waals surface area contributed by atoms with Gasteiger partial charge < -0.3 is 10.1 Å². The number of anilines is 1. The van der Waals surface area contributed by atoms with Crippen LogP contribution in [0.5, 0.6) is 0 Å². The zero-order valence-electron chi connectivity index (χ0n) is 17.2. The molecule has 0 saturated carbocycles. The number of hydrogen-bond acceptors (Lipinski definition) is 8. The van der Waals surface area contributed by atoms with Crippen LogP contribution in [0.1, 0.15) is 23.7 Å². The minimum absolute atomic E-state index is 0.0426. The number of aromatic nitrogens is 2. The molecule has 33 heavy (non-hydrogen) atoms. The molecular formula is C19H18BrClN4O7S. The van der Waals surface area contributed by atoms with Gasteiger partial charge in [0.05, 0.1) is 33.9 Å². The number of aryl methyl sites for hydroxylation is 1. The summed E-state index contributed by atoms with van der Waals surface area (Å²) >= 11 is 9.47. The van der Waals surface area contributed by atoms with E-state index in [0.717, 1.165) is 6.08 Å². The van der Waals surface area contributed by atoms with Crippen LogP contribution in [0, 0.1) is 17.0 Å². The number of rotatable bonds is 7. The second-order valence-corrected chi connectivity index (χ2v) is 10.6. The fourth-order valence-electron chi connectivity index (χ4n) is 3.17. The molecule has 1 saturated heterocycles. The van der Waals surface area contributed by atoms with Gasteiger partial charge in [0.15, 0.2) is 16.4 Å². The molecule has 11 nitrogen and oxygen atoms in total. The fourth-order valence-corrected chi connectivity index (χ4v) is 5.71. The molecule has 1 aliphatic rings. The maximum atomic E-state index is 12.0. The predicted octanol–water partition coefficient (Wildman–Crippen LogP) is 3.07. The van der Waals surface area contributed by atoms with Crippen LogP contribution in [-0.4, -0.2) is 53.1 Å². The summed E-state index contributed by atoms with van der Waals surface area (Å²) in [5, 5.41) is 17.7. The van der Waals surface area contributed by atoms with E-state index in [0.29, 0.717) is 22.2 Å². The van der Waals surface area contributed by atoms with E-state index in [9.17, 15) is 28.1 Å². The van der Waals surface area contributed by atoms with Crippen LogP contribution < -0.4 is 5.32 Å². The SMILES string of the molecule is Cc1nn(C2CCS(=O)(=O)C2)c(Cl)c1C=CC(=O)OCC(=O)Nc1ccc([N+](=O)[O-])cc1Br. The lowest BCUT2D eigenvalue weighted by atomic mass is 10.2. The maximum Gasteiger partial charge on any atom is 0.331 e. The van der Waals surface area contributed by atoms with Crippen LogP contribution in [0.4, 0.5) is 11.4 Å². The highest BCUT2D eigenvalue weighted by Gasteiger charge is 2.31. The standard InChI is InChI=1S/C19H18BrClN4O7S/c1-11-14(19(21)24(23-11)13-6-7-33(30,31)10-13)3-5-18(27)32-9-17(26)22-16-4-2-12(25(28)29)8-15(16)20/h2-5,8,13H,6-7,9-10H2,1H3,(H,22,26). The van der Waals surface area contributed by atoms with Crippen molar-refractivity contribution in [2.24, 2.45) is 0 Å². The molecule has 1 fully saturated rings. The van der Waals surface area contributed by atoms with Crippen molar-refractivity contribution >= 4 is 66.7 Å². The largest absolute Gasteiger partial charge is 0.452 e. The number of nitro benzene ring substituents is 1. The van der Waals surface area contributed by atoms with Crippen molar-refractivity contribution in [2.75, 3.05) is 23.4 Å². The lowest BCUT2D eigenvalue weighted by Crippen LogP contribution is -2.20. The van der Waals surface area contributed by atoms with E-state index in [1.165, 1.54) is 29.0 Å². The fraction of sp³-hybridized carbons (Fsp3) is 0.316. The Morgan fingerprint density at radius 2 is 2.18 bits per heavy atom. The summed E-state index contributed by atoms with van der Waals surface area (Å²) in [6.45, 7) is 1.09. The van der Waals surface area contributed by atoms with E-state index in [2.05, 4.69) is 26.3 Å². The van der Waals surface area contributed by atoms with Gasteiger partial charge in [-0.3, -0.25) is 14.9 Å². The number of sulfone groups is 1. The van der Waals surface area contributed by atoms with E-state index in [-0.39, 0.29) is 34.1 Å². The van der Waals surface area contributed by atoms with Gasteiger partial charge in [-0.15, -0.1) is 0 Å². The molecule has 14 heteroatoms. The number of nitrogens with zero attached hydrogens (tertiary/aromatic N) is 3. The molecule has 1 aromatic heterocycles. The van der Waals surface area contributed by atoms with Crippen molar-refractivity contribution in [3.05, 3.63) is 55.3 Å². The molecule has 0 aliphatic carbocycles. The van der Waals surface area contributed by atoms with E-state index in [1.54, 1.807) is 6.92 Å². The highest BCUT2D eigenvalue weighted by atomic mass is 79.9. The molecule has 1 unspecified atom stereocenters. The number of non-ortho nitro benzene ring substituents is 1. The predicted molar refractivity (Wildman–Crippen MR) is 124 cm³/mol. The number of amides is 1. The third-order valence-corrected chi connectivity index (χ3v) is 7.58. The molecule has 1 aromatic carbocycles. The first-order chi connectivity index (χ1) is 15.5. The van der Waals surface area contributed by atoms with Crippen LogP contribution in [0.3, 0.4) is 0 Å². The number of halogens is 2. The number of nitro groups is 1. The van der Waals surface area contributed by atoms with Gasteiger partial charge in [0.2, 0.25) is 0 Å². The number of ether oxygens (including phenoxy) is 1. The normalized spacial score (nSPS) is 17.2. The van der Waals surface area contributed by atoms with Gasteiger partial charge in [-0.2, -0.15) is 5.10 Å². The van der Waals surface area contributed by atoms with E-state index in [4.69, 9.17) is 16.3 Å². The molecule has 1 atom stereocenters. The van der Waals surface area contributed by atoms with Gasteiger partial charge in [-0.1, -0.05) is 11.6 Å². The maximum absolute atomic E-state index is 12.0. The average Bonchev–Trinajstić information content (AvgIpc) is 3.24. The molecule has 1 aliphatic heterocycles. The summed E-state index contributed by atoms with van der Waals surface area (Å²) in [6, 6.07) is 3.44. The molecule has 2 aromatic rings. The minimum Gasteiger partial charge on any atom is -0.452 e. The van der Waals surface area contributed by atoms with E-state index in [1.807, 2.05) is 0 Å². The van der Waals surface area contributed by atoms with Crippen LogP contribution in [0.15, 0.2) is 28.7 Å². The zero-order chi connectivity index (χ0) is 24.3. The molecule has 0 bridgehead atoms. The van der Waals surface area contributed by atoms with Crippen LogP contribution in [0.2, 0.25) is 5.15 Å². The van der Waals surface area contributed by atoms with Gasteiger partial charge in [-0.25, -0.2) is 17.9 Å². The molecule has 3 rings (SSSR count). The Labute approximate surface area is 201 Å². The molecule has 0 radical (unpaired) electrons. The van der Waals surface area contributed by atoms with Crippen LogP contribution in [-0.2, 0) is 24.2 Å².